The molecule has 0 radical (unpaired) electrons. The maximum atomic E-state index is 13.4. The first-order valence-electron chi connectivity index (χ1n) is 5.30. The number of anilines is 1. The van der Waals surface area contributed by atoms with Gasteiger partial charge in [-0.2, -0.15) is 0 Å². The summed E-state index contributed by atoms with van der Waals surface area (Å²) in [6.45, 7) is 0.176. The number of nitrogens with one attached hydrogen (secondary N) is 1. The van der Waals surface area contributed by atoms with E-state index in [0.29, 0.717) is 6.42 Å². The van der Waals surface area contributed by atoms with E-state index in [1.54, 1.807) is 0 Å². The molecule has 0 unspecified atom stereocenters. The Morgan fingerprint density at radius 2 is 2.11 bits per heavy atom. The molecule has 0 atom stereocenters. The molecule has 100 valence electrons. The second-order valence-electron chi connectivity index (χ2n) is 3.98. The maximum Gasteiger partial charge on any atom is 0.254 e. The first-order valence-corrected chi connectivity index (χ1v) is 7.36. The predicted octanol–water partition coefficient (Wildman–Crippen LogP) is 0.572. The van der Waals surface area contributed by atoms with Crippen LogP contribution in [0.15, 0.2) is 18.2 Å². The molecule has 0 bridgehead atoms. The van der Waals surface area contributed by atoms with E-state index in [2.05, 4.69) is 5.32 Å². The van der Waals surface area contributed by atoms with Crippen molar-refractivity contribution in [2.45, 2.75) is 6.42 Å². The molecule has 0 heterocycles. The average Bonchev–Trinajstić information content (AvgIpc) is 2.22. The highest BCUT2D eigenvalue weighted by atomic mass is 32.2. The van der Waals surface area contributed by atoms with E-state index in [4.69, 9.17) is 5.73 Å². The van der Waals surface area contributed by atoms with Crippen LogP contribution in [0, 0.1) is 5.82 Å². The zero-order chi connectivity index (χ0) is 13.8. The molecule has 0 saturated heterocycles. The third-order valence-electron chi connectivity index (χ3n) is 2.22. The molecule has 0 fully saturated rings. The normalized spacial score (nSPS) is 11.2. The van der Waals surface area contributed by atoms with Crippen LogP contribution < -0.4 is 11.1 Å². The molecule has 1 aromatic rings. The zero-order valence-corrected chi connectivity index (χ0v) is 10.8. The SMILES string of the molecule is CS(=O)(=O)CCCNC(=O)c1ccc(N)cc1F. The van der Waals surface area contributed by atoms with Gasteiger partial charge in [-0.25, -0.2) is 12.8 Å². The van der Waals surface area contributed by atoms with Crippen LogP contribution in [0.1, 0.15) is 16.8 Å². The van der Waals surface area contributed by atoms with Gasteiger partial charge in [-0.15, -0.1) is 0 Å². The number of sulfone groups is 1. The molecule has 1 amide bonds. The maximum absolute atomic E-state index is 13.4. The molecule has 0 spiro atoms. The Morgan fingerprint density at radius 3 is 2.67 bits per heavy atom. The Morgan fingerprint density at radius 1 is 1.44 bits per heavy atom. The Hall–Kier alpha value is -1.63. The second kappa shape index (κ2) is 5.81. The van der Waals surface area contributed by atoms with E-state index in [1.165, 1.54) is 12.1 Å². The van der Waals surface area contributed by atoms with Crippen LogP contribution in [0.5, 0.6) is 0 Å². The number of amides is 1. The molecule has 3 N–H and O–H groups in total. The number of halogens is 1. The molecule has 1 rings (SSSR count). The van der Waals surface area contributed by atoms with Gasteiger partial charge in [0.2, 0.25) is 0 Å². The summed E-state index contributed by atoms with van der Waals surface area (Å²) in [4.78, 5) is 11.6. The number of nitrogen functional groups attached to an aromatic ring is 1. The largest absolute Gasteiger partial charge is 0.399 e. The molecule has 1 aromatic carbocycles. The summed E-state index contributed by atoms with van der Waals surface area (Å²) in [5, 5.41) is 2.45. The highest BCUT2D eigenvalue weighted by molar-refractivity contribution is 7.90. The highest BCUT2D eigenvalue weighted by Gasteiger charge is 2.11. The molecule has 0 saturated carbocycles. The van der Waals surface area contributed by atoms with Gasteiger partial charge in [0.1, 0.15) is 15.7 Å². The Bertz CT molecular complexity index is 543. The van der Waals surface area contributed by atoms with Crippen LogP contribution in [0.2, 0.25) is 0 Å². The van der Waals surface area contributed by atoms with Crippen molar-refractivity contribution in [2.24, 2.45) is 0 Å². The van der Waals surface area contributed by atoms with Gasteiger partial charge >= 0.3 is 0 Å². The van der Waals surface area contributed by atoms with Crippen LogP contribution in [0.3, 0.4) is 0 Å². The fourth-order valence-corrected chi connectivity index (χ4v) is 2.02. The van der Waals surface area contributed by atoms with Crippen molar-refractivity contribution < 1.29 is 17.6 Å². The van der Waals surface area contributed by atoms with Crippen LogP contribution in [-0.4, -0.2) is 32.9 Å². The molecule has 0 aromatic heterocycles. The van der Waals surface area contributed by atoms with Gasteiger partial charge in [0.15, 0.2) is 0 Å². The van der Waals surface area contributed by atoms with Crippen molar-refractivity contribution >= 4 is 21.4 Å². The number of carbonyl (C=O) groups excluding carboxylic acids is 1. The van der Waals surface area contributed by atoms with E-state index in [-0.39, 0.29) is 23.5 Å². The molecule has 7 heteroatoms. The Kier molecular flexibility index (Phi) is 4.66. The van der Waals surface area contributed by atoms with Crippen molar-refractivity contribution in [1.29, 1.82) is 0 Å². The lowest BCUT2D eigenvalue weighted by Crippen LogP contribution is -2.26. The lowest BCUT2D eigenvalue weighted by Gasteiger charge is -2.06. The summed E-state index contributed by atoms with van der Waals surface area (Å²) in [7, 11) is -3.04. The van der Waals surface area contributed by atoms with Crippen molar-refractivity contribution in [2.75, 3.05) is 24.3 Å². The predicted molar refractivity (Wildman–Crippen MR) is 67.5 cm³/mol. The number of hydrogen-bond acceptors (Lipinski definition) is 4. The summed E-state index contributed by atoms with van der Waals surface area (Å²) in [6, 6.07) is 3.77. The first kappa shape index (κ1) is 14.4. The summed E-state index contributed by atoms with van der Waals surface area (Å²) < 4.78 is 35.1. The third-order valence-corrected chi connectivity index (χ3v) is 3.25. The number of nitrogens with two attached hydrogens (primary N) is 1. The third kappa shape index (κ3) is 4.70. The fraction of sp³-hybridized carbons (Fsp3) is 0.364. The smallest absolute Gasteiger partial charge is 0.254 e. The summed E-state index contributed by atoms with van der Waals surface area (Å²) in [5.74, 6) is -1.30. The van der Waals surface area contributed by atoms with Crippen LogP contribution >= 0.6 is 0 Å². The minimum Gasteiger partial charge on any atom is -0.399 e. The van der Waals surface area contributed by atoms with Crippen LogP contribution in [-0.2, 0) is 9.84 Å². The zero-order valence-electron chi connectivity index (χ0n) is 9.94. The minimum absolute atomic E-state index is 0.0164. The summed E-state index contributed by atoms with van der Waals surface area (Å²) in [6.07, 6.45) is 1.41. The molecule has 18 heavy (non-hydrogen) atoms. The van der Waals surface area contributed by atoms with Crippen molar-refractivity contribution in [3.8, 4) is 0 Å². The monoisotopic (exact) mass is 274 g/mol. The van der Waals surface area contributed by atoms with Crippen molar-refractivity contribution in [3.05, 3.63) is 29.6 Å². The lowest BCUT2D eigenvalue weighted by molar-refractivity contribution is 0.0949. The number of hydrogen-bond donors (Lipinski definition) is 2. The van der Waals surface area contributed by atoms with Gasteiger partial charge < -0.3 is 11.1 Å². The molecule has 5 nitrogen and oxygen atoms in total. The number of benzene rings is 1. The van der Waals surface area contributed by atoms with E-state index >= 15 is 0 Å². The molecular weight excluding hydrogens is 259 g/mol. The summed E-state index contributed by atoms with van der Waals surface area (Å²) in [5.41, 5.74) is 5.49. The molecule has 0 aliphatic heterocycles. The first-order chi connectivity index (χ1) is 8.29. The van der Waals surface area contributed by atoms with Gasteiger partial charge in [0.25, 0.3) is 5.91 Å². The number of rotatable bonds is 5. The molecule has 0 aliphatic carbocycles. The standard InChI is InChI=1S/C11H15FN2O3S/c1-18(16,17)6-2-5-14-11(15)9-4-3-8(13)7-10(9)12/h3-4,7H,2,5-6,13H2,1H3,(H,14,15). The second-order valence-corrected chi connectivity index (χ2v) is 6.24. The van der Waals surface area contributed by atoms with Gasteiger partial charge in [-0.1, -0.05) is 0 Å². The number of carbonyl (C=O) groups is 1. The van der Waals surface area contributed by atoms with Crippen molar-refractivity contribution in [1.82, 2.24) is 5.32 Å². The van der Waals surface area contributed by atoms with Gasteiger partial charge in [0.05, 0.1) is 11.3 Å². The van der Waals surface area contributed by atoms with E-state index < -0.39 is 21.6 Å². The quantitative estimate of drug-likeness (QED) is 0.607. The fourth-order valence-electron chi connectivity index (χ4n) is 1.35. The van der Waals surface area contributed by atoms with Crippen LogP contribution in [0.25, 0.3) is 0 Å². The highest BCUT2D eigenvalue weighted by Crippen LogP contribution is 2.11. The molecule has 0 aliphatic rings. The van der Waals surface area contributed by atoms with Crippen LogP contribution in [0.4, 0.5) is 10.1 Å². The van der Waals surface area contributed by atoms with Gasteiger partial charge in [-0.05, 0) is 24.6 Å². The van der Waals surface area contributed by atoms with Crippen molar-refractivity contribution in [3.63, 3.8) is 0 Å². The minimum atomic E-state index is -3.04. The Balaban J connectivity index is 2.51. The molecular formula is C11H15FN2O3S. The van der Waals surface area contributed by atoms with E-state index in [9.17, 15) is 17.6 Å². The van der Waals surface area contributed by atoms with E-state index in [1.807, 2.05) is 0 Å². The van der Waals surface area contributed by atoms with E-state index in [0.717, 1.165) is 12.3 Å². The lowest BCUT2D eigenvalue weighted by atomic mass is 10.2. The topological polar surface area (TPSA) is 89.3 Å². The van der Waals surface area contributed by atoms with Gasteiger partial charge in [-0.3, -0.25) is 4.79 Å². The average molecular weight is 274 g/mol. The summed E-state index contributed by atoms with van der Waals surface area (Å²) >= 11 is 0. The van der Waals surface area contributed by atoms with Gasteiger partial charge in [0, 0.05) is 18.5 Å². The Labute approximate surface area is 105 Å².